The summed E-state index contributed by atoms with van der Waals surface area (Å²) in [5.41, 5.74) is 2.05. The zero-order valence-electron chi connectivity index (χ0n) is 15.7. The molecule has 2 heterocycles. The van der Waals surface area contributed by atoms with Gasteiger partial charge in [-0.1, -0.05) is 0 Å². The minimum atomic E-state index is -0.587. The molecule has 27 heavy (non-hydrogen) atoms. The molecule has 0 fully saturated rings. The molecule has 0 saturated carbocycles. The van der Waals surface area contributed by atoms with E-state index in [0.29, 0.717) is 16.8 Å². The monoisotopic (exact) mass is 371 g/mol. The zero-order chi connectivity index (χ0) is 19.8. The van der Waals surface area contributed by atoms with Crippen LogP contribution in [-0.2, 0) is 4.74 Å². The third-order valence-corrected chi connectivity index (χ3v) is 3.98. The maximum Gasteiger partial charge on any atom is 0.408 e. The molecule has 0 aliphatic carbocycles. The first-order valence-electron chi connectivity index (χ1n) is 8.59. The highest BCUT2D eigenvalue weighted by Gasteiger charge is 2.20. The molecule has 7 heteroatoms. The van der Waals surface area contributed by atoms with E-state index in [1.807, 2.05) is 11.3 Å². The van der Waals surface area contributed by atoms with Gasteiger partial charge in [-0.3, -0.25) is 0 Å². The molecule has 3 rings (SSSR count). The molecule has 1 atom stereocenters. The number of phenols is 1. The van der Waals surface area contributed by atoms with E-state index in [0.717, 1.165) is 11.8 Å². The zero-order valence-corrected chi connectivity index (χ0v) is 15.7. The Morgan fingerprint density at radius 3 is 2.70 bits per heavy atom. The molecule has 142 valence electrons. The van der Waals surface area contributed by atoms with Gasteiger partial charge in [0, 0.05) is 23.4 Å². The Morgan fingerprint density at radius 2 is 2.04 bits per heavy atom. The Morgan fingerprint density at radius 1 is 1.30 bits per heavy atom. The van der Waals surface area contributed by atoms with Crippen molar-refractivity contribution in [3.8, 4) is 16.9 Å². The second kappa shape index (κ2) is 6.90. The summed E-state index contributed by atoms with van der Waals surface area (Å²) in [6.45, 7) is 7.22. The molecule has 0 saturated heterocycles. The molecular formula is C20H22FN3O3. The van der Waals surface area contributed by atoms with Crippen LogP contribution >= 0.6 is 0 Å². The Balaban J connectivity index is 1.92. The van der Waals surface area contributed by atoms with Gasteiger partial charge >= 0.3 is 6.09 Å². The van der Waals surface area contributed by atoms with Crippen LogP contribution in [0, 0.1) is 5.82 Å². The van der Waals surface area contributed by atoms with Crippen molar-refractivity contribution in [3.63, 3.8) is 0 Å². The molecule has 0 radical (unpaired) electrons. The summed E-state index contributed by atoms with van der Waals surface area (Å²) in [7, 11) is 0. The summed E-state index contributed by atoms with van der Waals surface area (Å²) >= 11 is 0. The number of benzene rings is 1. The third kappa shape index (κ3) is 4.19. The van der Waals surface area contributed by atoms with Gasteiger partial charge < -0.3 is 19.6 Å². The van der Waals surface area contributed by atoms with Crippen molar-refractivity contribution in [2.75, 3.05) is 0 Å². The van der Waals surface area contributed by atoms with Crippen molar-refractivity contribution in [2.24, 2.45) is 0 Å². The van der Waals surface area contributed by atoms with Crippen molar-refractivity contribution < 1.29 is 19.0 Å². The number of aromatic hydroxyl groups is 1. The summed E-state index contributed by atoms with van der Waals surface area (Å²) in [5.74, 6) is -0.647. The number of amides is 1. The van der Waals surface area contributed by atoms with Crippen LogP contribution in [0.5, 0.6) is 5.75 Å². The second-order valence-corrected chi connectivity index (χ2v) is 7.36. The first-order chi connectivity index (χ1) is 12.6. The van der Waals surface area contributed by atoms with Crippen LogP contribution < -0.4 is 5.32 Å². The maximum atomic E-state index is 13.2. The van der Waals surface area contributed by atoms with Crippen molar-refractivity contribution in [1.82, 2.24) is 14.7 Å². The van der Waals surface area contributed by atoms with Gasteiger partial charge in [-0.15, -0.1) is 0 Å². The standard InChI is InChI=1S/C20H22FN3O3/c1-12(23-19(26)27-20(2,3)4)16-10-22-18-8-5-13(11-24(16)18)15-7-6-14(21)9-17(15)25/h5-12,25H,1-4H3,(H,23,26). The molecule has 0 spiro atoms. The number of imidazole rings is 1. The first kappa shape index (κ1) is 18.7. The number of fused-ring (bicyclic) bond motifs is 1. The highest BCUT2D eigenvalue weighted by molar-refractivity contribution is 5.71. The number of hydrogen-bond donors (Lipinski definition) is 2. The number of nitrogens with zero attached hydrogens (tertiary/aromatic N) is 2. The number of carbonyl (C=O) groups excluding carboxylic acids is 1. The van der Waals surface area contributed by atoms with Gasteiger partial charge in [0.2, 0.25) is 0 Å². The Bertz CT molecular complexity index is 992. The van der Waals surface area contributed by atoms with Crippen molar-refractivity contribution in [3.05, 3.63) is 54.2 Å². The van der Waals surface area contributed by atoms with Gasteiger partial charge in [0.1, 0.15) is 22.8 Å². The van der Waals surface area contributed by atoms with Gasteiger partial charge in [-0.25, -0.2) is 14.2 Å². The molecule has 6 nitrogen and oxygen atoms in total. The van der Waals surface area contributed by atoms with E-state index in [-0.39, 0.29) is 11.8 Å². The molecular weight excluding hydrogens is 349 g/mol. The van der Waals surface area contributed by atoms with Crippen LogP contribution in [0.4, 0.5) is 9.18 Å². The Hall–Kier alpha value is -3.09. The highest BCUT2D eigenvalue weighted by Crippen LogP contribution is 2.30. The first-order valence-corrected chi connectivity index (χ1v) is 8.59. The number of nitrogens with one attached hydrogen (secondary N) is 1. The summed E-state index contributed by atoms with van der Waals surface area (Å²) in [6.07, 6.45) is 2.95. The number of aromatic nitrogens is 2. The number of pyridine rings is 1. The number of carbonyl (C=O) groups is 1. The number of rotatable bonds is 3. The van der Waals surface area contributed by atoms with Crippen LogP contribution in [0.1, 0.15) is 39.4 Å². The summed E-state index contributed by atoms with van der Waals surface area (Å²) in [4.78, 5) is 16.4. The van der Waals surface area contributed by atoms with Gasteiger partial charge in [-0.05, 0) is 52.0 Å². The lowest BCUT2D eigenvalue weighted by atomic mass is 10.1. The SMILES string of the molecule is CC(NC(=O)OC(C)(C)C)c1cnc2ccc(-c3ccc(F)cc3O)cn12. The Kier molecular flexibility index (Phi) is 4.78. The number of ether oxygens (including phenoxy) is 1. The number of alkyl carbamates (subject to hydrolysis) is 1. The van der Waals surface area contributed by atoms with Crippen molar-refractivity contribution in [1.29, 1.82) is 0 Å². The lowest BCUT2D eigenvalue weighted by Gasteiger charge is -2.22. The quantitative estimate of drug-likeness (QED) is 0.714. The summed E-state index contributed by atoms with van der Waals surface area (Å²) in [5, 5.41) is 12.8. The molecule has 0 aliphatic heterocycles. The summed E-state index contributed by atoms with van der Waals surface area (Å²) in [6, 6.07) is 7.12. The molecule has 3 aromatic rings. The van der Waals surface area contributed by atoms with E-state index in [1.54, 1.807) is 45.3 Å². The molecule has 2 N–H and O–H groups in total. The minimum absolute atomic E-state index is 0.143. The van der Waals surface area contributed by atoms with Crippen molar-refractivity contribution >= 4 is 11.7 Å². The smallest absolute Gasteiger partial charge is 0.408 e. The minimum Gasteiger partial charge on any atom is -0.507 e. The maximum absolute atomic E-state index is 13.2. The average molecular weight is 371 g/mol. The van der Waals surface area contributed by atoms with Gasteiger partial charge in [0.15, 0.2) is 0 Å². The second-order valence-electron chi connectivity index (χ2n) is 7.36. The molecule has 0 bridgehead atoms. The normalized spacial score (nSPS) is 12.8. The third-order valence-electron chi connectivity index (χ3n) is 3.98. The topological polar surface area (TPSA) is 75.9 Å². The predicted molar refractivity (Wildman–Crippen MR) is 100 cm³/mol. The van der Waals surface area contributed by atoms with Crippen molar-refractivity contribution in [2.45, 2.75) is 39.3 Å². The van der Waals surface area contributed by atoms with Gasteiger partial charge in [0.05, 0.1) is 17.9 Å². The Labute approximate surface area is 156 Å². The van der Waals surface area contributed by atoms with Crippen LogP contribution in [0.25, 0.3) is 16.8 Å². The molecule has 1 aromatic carbocycles. The molecule has 2 aromatic heterocycles. The van der Waals surface area contributed by atoms with Crippen LogP contribution in [0.3, 0.4) is 0 Å². The number of hydrogen-bond acceptors (Lipinski definition) is 4. The van der Waals surface area contributed by atoms with Crippen LogP contribution in [0.2, 0.25) is 0 Å². The average Bonchev–Trinajstić information content (AvgIpc) is 2.96. The van der Waals surface area contributed by atoms with E-state index < -0.39 is 17.5 Å². The molecule has 0 aliphatic rings. The highest BCUT2D eigenvalue weighted by atomic mass is 19.1. The number of halogens is 1. The number of phenolic OH excluding ortho intramolecular Hbond substituents is 1. The fourth-order valence-electron chi connectivity index (χ4n) is 2.79. The lowest BCUT2D eigenvalue weighted by molar-refractivity contribution is 0.0506. The summed E-state index contributed by atoms with van der Waals surface area (Å²) < 4.78 is 20.4. The lowest BCUT2D eigenvalue weighted by Crippen LogP contribution is -2.34. The molecule has 1 amide bonds. The van der Waals surface area contributed by atoms with E-state index in [9.17, 15) is 14.3 Å². The van der Waals surface area contributed by atoms with E-state index in [4.69, 9.17) is 4.74 Å². The predicted octanol–water partition coefficient (Wildman–Crippen LogP) is 4.43. The van der Waals surface area contributed by atoms with Crippen LogP contribution in [-0.4, -0.2) is 26.2 Å². The van der Waals surface area contributed by atoms with E-state index in [2.05, 4.69) is 10.3 Å². The fraction of sp³-hybridized carbons (Fsp3) is 0.300. The van der Waals surface area contributed by atoms with Gasteiger partial charge in [-0.2, -0.15) is 0 Å². The fourth-order valence-corrected chi connectivity index (χ4v) is 2.79. The van der Waals surface area contributed by atoms with Crippen LogP contribution in [0.15, 0.2) is 42.7 Å². The molecule has 1 unspecified atom stereocenters. The van der Waals surface area contributed by atoms with E-state index in [1.165, 1.54) is 12.1 Å². The largest absolute Gasteiger partial charge is 0.507 e. The van der Waals surface area contributed by atoms with E-state index >= 15 is 0 Å². The van der Waals surface area contributed by atoms with Gasteiger partial charge in [0.25, 0.3) is 0 Å².